The third kappa shape index (κ3) is 11.8. The second-order valence-electron chi connectivity index (χ2n) is 17.6. The Morgan fingerprint density at radius 3 is 1.53 bits per heavy atom. The van der Waals surface area contributed by atoms with Crippen molar-refractivity contribution in [1.29, 1.82) is 0 Å². The monoisotopic (exact) mass is 1070 g/mol. The van der Waals surface area contributed by atoms with Crippen LogP contribution in [0, 0.1) is 0 Å². The first kappa shape index (κ1) is 52.2. The predicted molar refractivity (Wildman–Crippen MR) is 257 cm³/mol. The molecule has 0 aromatic heterocycles. The molecule has 2 aliphatic heterocycles. The first-order chi connectivity index (χ1) is 32.3. The van der Waals surface area contributed by atoms with Crippen LogP contribution in [0.5, 0.6) is 0 Å². The normalized spacial score (nSPS) is 19.2. The molecule has 16 heteroatoms. The second kappa shape index (κ2) is 22.1. The summed E-state index contributed by atoms with van der Waals surface area (Å²) in [5.74, 6) is -0.114. The summed E-state index contributed by atoms with van der Waals surface area (Å²) in [5, 5.41) is 0. The Morgan fingerprint density at radius 2 is 1.10 bits per heavy atom. The van der Waals surface area contributed by atoms with E-state index in [0.717, 1.165) is 65.2 Å². The number of fused-ring (bicyclic) bond motifs is 4. The van der Waals surface area contributed by atoms with E-state index in [4.69, 9.17) is 10.5 Å². The van der Waals surface area contributed by atoms with Crippen LogP contribution in [0.25, 0.3) is 12.2 Å². The lowest BCUT2D eigenvalue weighted by molar-refractivity contribution is -0.138. The van der Waals surface area contributed by atoms with Crippen molar-refractivity contribution in [2.45, 2.75) is 93.4 Å². The van der Waals surface area contributed by atoms with Gasteiger partial charge in [0.05, 0.1) is 11.1 Å². The molecule has 2 aliphatic carbocycles. The van der Waals surface area contributed by atoms with E-state index in [1.54, 1.807) is 9.80 Å². The summed E-state index contributed by atoms with van der Waals surface area (Å²) in [6, 6.07) is 22.7. The number of likely N-dealkylation sites (tertiary alicyclic amines) is 2. The quantitative estimate of drug-likeness (QED) is 0.0857. The van der Waals surface area contributed by atoms with Gasteiger partial charge in [-0.25, -0.2) is 9.79 Å². The Balaban J connectivity index is 0.000000209. The zero-order valence-corrected chi connectivity index (χ0v) is 40.8. The van der Waals surface area contributed by atoms with Crippen LogP contribution in [0.1, 0.15) is 115 Å². The highest BCUT2D eigenvalue weighted by Crippen LogP contribution is 2.55. The Morgan fingerprint density at radius 1 is 0.691 bits per heavy atom. The third-order valence-corrected chi connectivity index (χ3v) is 14.9. The molecule has 4 aromatic rings. The topological polar surface area (TPSA) is 113 Å². The molecule has 2 N–H and O–H groups in total. The minimum atomic E-state index is -4.47. The highest BCUT2D eigenvalue weighted by atomic mass is 79.9. The third-order valence-electron chi connectivity index (χ3n) is 13.6. The van der Waals surface area contributed by atoms with Crippen LogP contribution < -0.4 is 5.73 Å². The molecule has 0 saturated carbocycles. The van der Waals surface area contributed by atoms with E-state index in [1.807, 2.05) is 31.2 Å². The molecular formula is C52H52Br2F6N4O4. The Kier molecular flexibility index (Phi) is 17.0. The van der Waals surface area contributed by atoms with Crippen molar-refractivity contribution >= 4 is 67.7 Å². The Hall–Kier alpha value is -5.15. The molecule has 8 nitrogen and oxygen atoms in total. The number of carbonyl (C=O) groups excluding carboxylic acids is 4. The van der Waals surface area contributed by atoms with Crippen molar-refractivity contribution in [3.8, 4) is 0 Å². The van der Waals surface area contributed by atoms with Crippen molar-refractivity contribution < 1.29 is 45.5 Å². The molecule has 8 rings (SSSR count). The number of halogens is 8. The number of ketones is 1. The van der Waals surface area contributed by atoms with Gasteiger partial charge in [-0.05, 0) is 114 Å². The van der Waals surface area contributed by atoms with Gasteiger partial charge < -0.3 is 15.5 Å². The summed E-state index contributed by atoms with van der Waals surface area (Å²) in [4.78, 5) is 52.9. The fourth-order valence-electron chi connectivity index (χ4n) is 10.3. The summed E-state index contributed by atoms with van der Waals surface area (Å²) in [6.07, 6.45) is 3.26. The number of Topliss-reactive ketones (excluding diaryl/α,β-unsaturated/α-hetero) is 1. The van der Waals surface area contributed by atoms with Gasteiger partial charge in [-0.2, -0.15) is 26.3 Å². The number of nitrogens with zero attached hydrogens (tertiary/aromatic N) is 3. The van der Waals surface area contributed by atoms with Gasteiger partial charge in [-0.15, -0.1) is 0 Å². The van der Waals surface area contributed by atoms with Crippen LogP contribution in [-0.4, -0.2) is 66.7 Å². The van der Waals surface area contributed by atoms with E-state index in [0.29, 0.717) is 39.0 Å². The maximum Gasteiger partial charge on any atom is 0.416 e. The standard InChI is InChI=1S/C27H27BrF3NO2.C23H22BrF3N2O.C2H3NO/c1-2-20(33)16-19-17-26(25-21(19)7-5-9-23(25)28)12-14-32(15-13-26)24(34)11-10-18-6-3-4-8-22(18)27(29,30)31;24-18-7-3-5-16-19(28)14-22(21(16)18)10-12-29(13-11-22)20(30)9-8-15-4-1-2-6-17(15)23(25,26)27;1-3-2-4/h3-11,19H,2,12-17H2,1H3;1-9,19H,10-14,28H2;1H3/b11-10+;9-8+;. The second-order valence-corrected chi connectivity index (χ2v) is 19.3. The van der Waals surface area contributed by atoms with E-state index < -0.39 is 23.5 Å². The molecule has 2 heterocycles. The van der Waals surface area contributed by atoms with Gasteiger partial charge in [-0.1, -0.05) is 99.4 Å². The highest BCUT2D eigenvalue weighted by Gasteiger charge is 2.48. The highest BCUT2D eigenvalue weighted by molar-refractivity contribution is 9.10. The van der Waals surface area contributed by atoms with E-state index in [-0.39, 0.29) is 51.5 Å². The fraction of sp³-hybridized carbons (Fsp3) is 0.385. The van der Waals surface area contributed by atoms with Crippen molar-refractivity contribution in [3.05, 3.63) is 151 Å². The maximum atomic E-state index is 13.2. The molecule has 360 valence electrons. The summed E-state index contributed by atoms with van der Waals surface area (Å²) < 4.78 is 81.2. The molecule has 2 unspecified atom stereocenters. The van der Waals surface area contributed by atoms with Crippen LogP contribution in [0.2, 0.25) is 0 Å². The lowest BCUT2D eigenvalue weighted by atomic mass is 9.73. The molecule has 0 radical (unpaired) electrons. The van der Waals surface area contributed by atoms with Crippen molar-refractivity contribution in [3.63, 3.8) is 0 Å². The van der Waals surface area contributed by atoms with Gasteiger partial charge in [0.15, 0.2) is 0 Å². The fourth-order valence-corrected chi connectivity index (χ4v) is 11.9. The molecule has 4 aromatic carbocycles. The first-order valence-corrected chi connectivity index (χ1v) is 23.9. The van der Waals surface area contributed by atoms with Gasteiger partial charge in [-0.3, -0.25) is 14.4 Å². The molecular weight excluding hydrogens is 1020 g/mol. The summed E-state index contributed by atoms with van der Waals surface area (Å²) in [5.41, 5.74) is 9.58. The summed E-state index contributed by atoms with van der Waals surface area (Å²) >= 11 is 7.38. The number of isocyanates is 1. The Labute approximate surface area is 409 Å². The van der Waals surface area contributed by atoms with E-state index in [2.05, 4.69) is 49.0 Å². The minimum Gasteiger partial charge on any atom is -0.339 e. The zero-order chi connectivity index (χ0) is 49.4. The van der Waals surface area contributed by atoms with Crippen LogP contribution in [0.4, 0.5) is 26.3 Å². The smallest absolute Gasteiger partial charge is 0.339 e. The molecule has 0 bridgehead atoms. The van der Waals surface area contributed by atoms with E-state index in [9.17, 15) is 40.7 Å². The average Bonchev–Trinajstić information content (AvgIpc) is 3.77. The van der Waals surface area contributed by atoms with Gasteiger partial charge in [0.25, 0.3) is 0 Å². The molecule has 68 heavy (non-hydrogen) atoms. The maximum absolute atomic E-state index is 13.2. The Bertz CT molecular complexity index is 2590. The van der Waals surface area contributed by atoms with Crippen LogP contribution in [0.3, 0.4) is 0 Å². The molecule has 2 spiro atoms. The van der Waals surface area contributed by atoms with Gasteiger partial charge >= 0.3 is 12.4 Å². The van der Waals surface area contributed by atoms with Crippen molar-refractivity contribution in [2.24, 2.45) is 10.7 Å². The largest absolute Gasteiger partial charge is 0.416 e. The number of hydrogen-bond acceptors (Lipinski definition) is 6. The summed E-state index contributed by atoms with van der Waals surface area (Å²) in [7, 11) is 1.38. The lowest BCUT2D eigenvalue weighted by Crippen LogP contribution is -2.44. The number of nitrogens with two attached hydrogens (primary N) is 1. The van der Waals surface area contributed by atoms with Crippen LogP contribution >= 0.6 is 31.9 Å². The number of aliphatic imine (C=N–C) groups is 1. The predicted octanol–water partition coefficient (Wildman–Crippen LogP) is 12.3. The number of piperidine rings is 2. The number of benzene rings is 4. The first-order valence-electron chi connectivity index (χ1n) is 22.3. The number of rotatable bonds is 7. The van der Waals surface area contributed by atoms with Gasteiger partial charge in [0.1, 0.15) is 5.78 Å². The van der Waals surface area contributed by atoms with E-state index in [1.165, 1.54) is 90.5 Å². The molecule has 2 amide bonds. The summed E-state index contributed by atoms with van der Waals surface area (Å²) in [6.45, 7) is 4.05. The van der Waals surface area contributed by atoms with Crippen LogP contribution in [-0.2, 0) is 42.4 Å². The van der Waals surface area contributed by atoms with Crippen molar-refractivity contribution in [1.82, 2.24) is 9.80 Å². The minimum absolute atomic E-state index is 0.00791. The van der Waals surface area contributed by atoms with Crippen LogP contribution in [0.15, 0.2) is 111 Å². The van der Waals surface area contributed by atoms with Crippen molar-refractivity contribution in [2.75, 3.05) is 33.2 Å². The molecule has 2 atom stereocenters. The van der Waals surface area contributed by atoms with Gasteiger partial charge in [0, 0.05) is 84.0 Å². The zero-order valence-electron chi connectivity index (χ0n) is 37.6. The SMILES string of the molecule is CCC(=O)CC1CC2(CCN(C(=O)/C=C/c3ccccc3C(F)(F)F)CC2)c2c(Br)cccc21.CN=C=O.NC1CC2(CCN(C(=O)/C=C/c3ccccc3C(F)(F)F)CC2)c2c(Br)cccc21. The molecule has 4 aliphatic rings. The van der Waals surface area contributed by atoms with Gasteiger partial charge in [0.2, 0.25) is 17.9 Å². The number of hydrogen-bond donors (Lipinski definition) is 1. The number of alkyl halides is 6. The molecule has 2 fully saturated rings. The molecule has 2 saturated heterocycles. The van der Waals surface area contributed by atoms with E-state index >= 15 is 0 Å². The number of amides is 2. The number of carbonyl (C=O) groups is 3. The average molecular weight is 1070 g/mol. The lowest BCUT2D eigenvalue weighted by Gasteiger charge is -2.40.